The van der Waals surface area contributed by atoms with Crippen LogP contribution in [0.2, 0.25) is 0 Å². The molecule has 0 aliphatic heterocycles. The molecule has 2 aromatic rings. The molecule has 0 atom stereocenters. The van der Waals surface area contributed by atoms with Gasteiger partial charge in [0.2, 0.25) is 0 Å². The number of halogens is 3. The Morgan fingerprint density at radius 3 is 2.60 bits per heavy atom. The second-order valence-corrected chi connectivity index (χ2v) is 4.11. The van der Waals surface area contributed by atoms with Crippen LogP contribution in [-0.4, -0.2) is 23.3 Å². The minimum atomic E-state index is -4.65. The summed E-state index contributed by atoms with van der Waals surface area (Å²) < 4.78 is 44.1. The summed E-state index contributed by atoms with van der Waals surface area (Å²) in [6, 6.07) is 3.19. The van der Waals surface area contributed by atoms with Crippen molar-refractivity contribution in [3.05, 3.63) is 44.6 Å². The molecule has 1 aromatic carbocycles. The first-order valence-corrected chi connectivity index (χ1v) is 5.68. The first-order valence-electron chi connectivity index (χ1n) is 5.68. The van der Waals surface area contributed by atoms with Crippen LogP contribution in [0.1, 0.15) is 5.56 Å². The van der Waals surface area contributed by atoms with E-state index in [0.717, 1.165) is 16.7 Å². The Morgan fingerprint density at radius 1 is 1.30 bits per heavy atom. The van der Waals surface area contributed by atoms with Gasteiger partial charge in [-0.05, 0) is 12.1 Å². The molecular formula is C12H11F3N2O3. The minimum Gasteiger partial charge on any atom is -0.383 e. The quantitative estimate of drug-likeness (QED) is 0.927. The number of aromatic nitrogens is 2. The predicted octanol–water partition coefficient (Wildman–Crippen LogP) is 1.36. The second kappa shape index (κ2) is 5.12. The lowest BCUT2D eigenvalue weighted by atomic mass is 10.1. The number of hydrogen-bond donors (Lipinski definition) is 1. The summed E-state index contributed by atoms with van der Waals surface area (Å²) in [6.45, 7) is 0.0737. The van der Waals surface area contributed by atoms with Crippen molar-refractivity contribution in [3.63, 3.8) is 0 Å². The SMILES string of the molecule is COCCn1c(=O)[nH]c2c(C(F)(F)F)cccc2c1=O. The lowest BCUT2D eigenvalue weighted by Crippen LogP contribution is -2.36. The summed E-state index contributed by atoms with van der Waals surface area (Å²) in [4.78, 5) is 25.9. The standard InChI is InChI=1S/C12H11F3N2O3/c1-20-6-5-17-10(18)7-3-2-4-8(12(13,14)15)9(7)16-11(17)19/h2-4H,5-6H2,1H3,(H,16,19). The van der Waals surface area contributed by atoms with Gasteiger partial charge in [0.15, 0.2) is 0 Å². The molecule has 0 amide bonds. The second-order valence-electron chi connectivity index (χ2n) is 4.11. The van der Waals surface area contributed by atoms with Crippen molar-refractivity contribution in [2.75, 3.05) is 13.7 Å². The Hall–Kier alpha value is -2.09. The molecule has 2 rings (SSSR count). The maximum atomic E-state index is 12.8. The minimum absolute atomic E-state index is 0.0309. The average molecular weight is 288 g/mol. The average Bonchev–Trinajstić information content (AvgIpc) is 2.37. The van der Waals surface area contributed by atoms with Crippen molar-refractivity contribution in [1.82, 2.24) is 9.55 Å². The number of H-pyrrole nitrogens is 1. The number of benzene rings is 1. The number of fused-ring (bicyclic) bond motifs is 1. The number of rotatable bonds is 3. The molecular weight excluding hydrogens is 277 g/mol. The van der Waals surface area contributed by atoms with Crippen LogP contribution in [0.5, 0.6) is 0 Å². The number of aromatic amines is 1. The Bertz CT molecular complexity index is 746. The highest BCUT2D eigenvalue weighted by atomic mass is 19.4. The molecule has 0 bridgehead atoms. The van der Waals surface area contributed by atoms with Crippen LogP contribution in [-0.2, 0) is 17.5 Å². The van der Waals surface area contributed by atoms with Gasteiger partial charge < -0.3 is 9.72 Å². The van der Waals surface area contributed by atoms with Gasteiger partial charge >= 0.3 is 11.9 Å². The first-order chi connectivity index (χ1) is 9.36. The van der Waals surface area contributed by atoms with Crippen molar-refractivity contribution in [2.45, 2.75) is 12.7 Å². The summed E-state index contributed by atoms with van der Waals surface area (Å²) in [5, 5.41) is -0.185. The summed E-state index contributed by atoms with van der Waals surface area (Å²) in [5.74, 6) is 0. The lowest BCUT2D eigenvalue weighted by Gasteiger charge is -2.11. The number of nitrogens with one attached hydrogen (secondary N) is 1. The van der Waals surface area contributed by atoms with Crippen molar-refractivity contribution in [1.29, 1.82) is 0 Å². The first kappa shape index (κ1) is 14.3. The van der Waals surface area contributed by atoms with E-state index in [4.69, 9.17) is 4.74 Å². The third-order valence-corrected chi connectivity index (χ3v) is 2.84. The van der Waals surface area contributed by atoms with Gasteiger partial charge in [0, 0.05) is 7.11 Å². The Balaban J connectivity index is 2.77. The molecule has 0 aliphatic rings. The number of alkyl halides is 3. The predicted molar refractivity (Wildman–Crippen MR) is 65.7 cm³/mol. The zero-order chi connectivity index (χ0) is 14.9. The van der Waals surface area contributed by atoms with Gasteiger partial charge in [-0.25, -0.2) is 4.79 Å². The van der Waals surface area contributed by atoms with Crippen LogP contribution in [0.4, 0.5) is 13.2 Å². The van der Waals surface area contributed by atoms with Gasteiger partial charge in [-0.15, -0.1) is 0 Å². The molecule has 0 radical (unpaired) electrons. The molecule has 1 heterocycles. The molecule has 0 saturated carbocycles. The van der Waals surface area contributed by atoms with Crippen molar-refractivity contribution in [2.24, 2.45) is 0 Å². The van der Waals surface area contributed by atoms with Crippen LogP contribution in [0.3, 0.4) is 0 Å². The van der Waals surface area contributed by atoms with E-state index in [1.165, 1.54) is 13.2 Å². The number of methoxy groups -OCH3 is 1. The molecule has 1 N–H and O–H groups in total. The number of hydrogen-bond acceptors (Lipinski definition) is 3. The molecule has 1 aromatic heterocycles. The fourth-order valence-corrected chi connectivity index (χ4v) is 1.90. The molecule has 8 heteroatoms. The van der Waals surface area contributed by atoms with Gasteiger partial charge in [-0.2, -0.15) is 13.2 Å². The summed E-state index contributed by atoms with van der Waals surface area (Å²) in [6.07, 6.45) is -4.65. The fourth-order valence-electron chi connectivity index (χ4n) is 1.90. The van der Waals surface area contributed by atoms with Crippen LogP contribution < -0.4 is 11.2 Å². The highest BCUT2D eigenvalue weighted by molar-refractivity contribution is 5.81. The number of ether oxygens (including phenoxy) is 1. The maximum absolute atomic E-state index is 12.8. The highest BCUT2D eigenvalue weighted by Crippen LogP contribution is 2.32. The molecule has 0 fully saturated rings. The van der Waals surface area contributed by atoms with Crippen LogP contribution in [0.25, 0.3) is 10.9 Å². The van der Waals surface area contributed by atoms with E-state index in [9.17, 15) is 22.8 Å². The van der Waals surface area contributed by atoms with Crippen molar-refractivity contribution in [3.8, 4) is 0 Å². The Labute approximate surface area is 110 Å². The monoisotopic (exact) mass is 288 g/mol. The number of nitrogens with zero attached hydrogens (tertiary/aromatic N) is 1. The van der Waals surface area contributed by atoms with Crippen LogP contribution in [0.15, 0.2) is 27.8 Å². The van der Waals surface area contributed by atoms with E-state index in [1.54, 1.807) is 0 Å². The molecule has 108 valence electrons. The van der Waals surface area contributed by atoms with Crippen molar-refractivity contribution < 1.29 is 17.9 Å². The van der Waals surface area contributed by atoms with Gasteiger partial charge in [0.25, 0.3) is 5.56 Å². The van der Waals surface area contributed by atoms with Gasteiger partial charge in [-0.3, -0.25) is 9.36 Å². The van der Waals surface area contributed by atoms with E-state index in [0.29, 0.717) is 0 Å². The smallest absolute Gasteiger partial charge is 0.383 e. The van der Waals surface area contributed by atoms with Crippen LogP contribution >= 0.6 is 0 Å². The van der Waals surface area contributed by atoms with E-state index in [-0.39, 0.29) is 18.5 Å². The number of para-hydroxylation sites is 1. The van der Waals surface area contributed by atoms with Gasteiger partial charge in [0.1, 0.15) is 0 Å². The zero-order valence-electron chi connectivity index (χ0n) is 10.5. The Kier molecular flexibility index (Phi) is 3.67. The normalized spacial score (nSPS) is 12.0. The molecule has 0 spiro atoms. The lowest BCUT2D eigenvalue weighted by molar-refractivity contribution is -0.136. The third kappa shape index (κ3) is 2.46. The van der Waals surface area contributed by atoms with Crippen molar-refractivity contribution >= 4 is 10.9 Å². The van der Waals surface area contributed by atoms with Crippen LogP contribution in [0, 0.1) is 0 Å². The van der Waals surface area contributed by atoms with E-state index >= 15 is 0 Å². The van der Waals surface area contributed by atoms with E-state index < -0.39 is 28.5 Å². The third-order valence-electron chi connectivity index (χ3n) is 2.84. The summed E-state index contributed by atoms with van der Waals surface area (Å²) in [7, 11) is 1.39. The summed E-state index contributed by atoms with van der Waals surface area (Å²) >= 11 is 0. The van der Waals surface area contributed by atoms with Gasteiger partial charge in [-0.1, -0.05) is 6.07 Å². The summed E-state index contributed by atoms with van der Waals surface area (Å²) in [5.41, 5.74) is -3.20. The van der Waals surface area contributed by atoms with E-state index in [1.807, 2.05) is 0 Å². The molecule has 0 aliphatic carbocycles. The topological polar surface area (TPSA) is 64.1 Å². The molecule has 0 unspecified atom stereocenters. The van der Waals surface area contributed by atoms with E-state index in [2.05, 4.69) is 4.98 Å². The fraction of sp³-hybridized carbons (Fsp3) is 0.333. The highest BCUT2D eigenvalue weighted by Gasteiger charge is 2.33. The molecule has 5 nitrogen and oxygen atoms in total. The zero-order valence-corrected chi connectivity index (χ0v) is 10.5. The Morgan fingerprint density at radius 2 is 2.00 bits per heavy atom. The molecule has 0 saturated heterocycles. The molecule has 20 heavy (non-hydrogen) atoms. The van der Waals surface area contributed by atoms with Gasteiger partial charge in [0.05, 0.1) is 29.6 Å². The maximum Gasteiger partial charge on any atom is 0.418 e. The largest absolute Gasteiger partial charge is 0.418 e.